The number of nitrogens with one attached hydrogen (secondary N) is 1. The summed E-state index contributed by atoms with van der Waals surface area (Å²) in [6.07, 6.45) is 2.52. The number of amides is 2. The predicted molar refractivity (Wildman–Crippen MR) is 185 cm³/mol. The van der Waals surface area contributed by atoms with Crippen molar-refractivity contribution in [3.63, 3.8) is 0 Å². The summed E-state index contributed by atoms with van der Waals surface area (Å²) < 4.78 is 11.0. The Balaban J connectivity index is 1.39. The van der Waals surface area contributed by atoms with Crippen LogP contribution in [0, 0.1) is 0 Å². The summed E-state index contributed by atoms with van der Waals surface area (Å²) in [4.78, 5) is 51.9. The fourth-order valence-corrected chi connectivity index (χ4v) is 7.80. The Hall–Kier alpha value is -4.84. The van der Waals surface area contributed by atoms with Crippen LogP contribution in [0.5, 0.6) is 0 Å². The second-order valence-electron chi connectivity index (χ2n) is 9.93. The van der Waals surface area contributed by atoms with Gasteiger partial charge in [-0.1, -0.05) is 102 Å². The van der Waals surface area contributed by atoms with Crippen molar-refractivity contribution in [2.24, 2.45) is 5.16 Å². The minimum Gasteiger partial charge on any atom is -0.448 e. The first-order chi connectivity index (χ1) is 23.4. The third-order valence-corrected chi connectivity index (χ3v) is 10.3. The number of β-lactam (4-membered cyclic amide) rings is 1. The molecule has 2 aliphatic heterocycles. The van der Waals surface area contributed by atoms with Gasteiger partial charge in [-0.3, -0.25) is 14.5 Å². The van der Waals surface area contributed by atoms with Crippen LogP contribution in [-0.2, 0) is 24.0 Å². The van der Waals surface area contributed by atoms with Crippen molar-refractivity contribution >= 4 is 75.0 Å². The van der Waals surface area contributed by atoms with E-state index in [2.05, 4.69) is 36.6 Å². The monoisotopic (exact) mass is 718 g/mol. The molecular formula is C31H26N8O5S4. The Kier molecular flexibility index (Phi) is 10.6. The highest BCUT2D eigenvalue weighted by atomic mass is 32.2. The number of nitrogens with zero attached hydrogens (tertiary/aromatic N) is 6. The first-order valence-corrected chi connectivity index (χ1v) is 17.7. The van der Waals surface area contributed by atoms with Crippen LogP contribution in [0.2, 0.25) is 0 Å². The van der Waals surface area contributed by atoms with Gasteiger partial charge in [-0.25, -0.2) is 4.79 Å². The van der Waals surface area contributed by atoms with Gasteiger partial charge in [0, 0.05) is 17.1 Å². The third-order valence-electron chi connectivity index (χ3n) is 6.85. The van der Waals surface area contributed by atoms with E-state index in [0.29, 0.717) is 9.91 Å². The number of benzene rings is 2. The van der Waals surface area contributed by atoms with E-state index in [1.807, 2.05) is 60.7 Å². The molecule has 244 valence electrons. The maximum atomic E-state index is 14.3. The molecule has 48 heavy (non-hydrogen) atoms. The number of thioether (sulfide) groups is 2. The van der Waals surface area contributed by atoms with Crippen LogP contribution in [0.1, 0.15) is 29.5 Å². The van der Waals surface area contributed by atoms with Gasteiger partial charge < -0.3 is 20.6 Å². The number of nitrogens with two attached hydrogens (primary N) is 1. The van der Waals surface area contributed by atoms with Crippen LogP contribution in [0.25, 0.3) is 0 Å². The van der Waals surface area contributed by atoms with Gasteiger partial charge in [0.25, 0.3) is 5.91 Å². The van der Waals surface area contributed by atoms with Crippen LogP contribution < -0.4 is 11.1 Å². The number of ether oxygens (including phenoxy) is 1. The molecule has 2 aliphatic rings. The van der Waals surface area contributed by atoms with Gasteiger partial charge in [0.15, 0.2) is 15.6 Å². The molecule has 0 bridgehead atoms. The zero-order valence-electron chi connectivity index (χ0n) is 24.9. The standard InChI is InChI=1S/C31H26N8O5S4/c1-2-14-43-37-23(26-34-30(32)48-38-26)27(41)35-28-20(13-15-45-31-36-33-17-46-31)24(39-21(40)16-22(39)47-28)29(42)44-25(18-9-5-3-6-10-18)19-11-7-4-8-12-19/h2-13,15,17,22,25,28H,1,14,16H2,(H,35,41)(H2,32,34,38)/t22-,28?/m1/s1. The third kappa shape index (κ3) is 7.49. The van der Waals surface area contributed by atoms with Crippen molar-refractivity contribution in [3.8, 4) is 0 Å². The van der Waals surface area contributed by atoms with Crippen molar-refractivity contribution in [1.29, 1.82) is 0 Å². The van der Waals surface area contributed by atoms with E-state index in [1.54, 1.807) is 17.0 Å². The van der Waals surface area contributed by atoms with Gasteiger partial charge in [0.05, 0.1) is 11.8 Å². The molecule has 3 N–H and O–H groups in total. The number of aromatic nitrogens is 4. The highest BCUT2D eigenvalue weighted by Gasteiger charge is 2.49. The summed E-state index contributed by atoms with van der Waals surface area (Å²) in [5, 5.41) is 15.4. The Bertz CT molecular complexity index is 1840. The topological polar surface area (TPSA) is 175 Å². The molecule has 1 saturated heterocycles. The van der Waals surface area contributed by atoms with Gasteiger partial charge >= 0.3 is 5.97 Å². The second-order valence-corrected chi connectivity index (χ2v) is 14.0. The van der Waals surface area contributed by atoms with Crippen LogP contribution in [0.3, 0.4) is 0 Å². The van der Waals surface area contributed by atoms with Crippen molar-refractivity contribution in [2.75, 3.05) is 12.3 Å². The number of anilines is 1. The van der Waals surface area contributed by atoms with Gasteiger partial charge in [0.2, 0.25) is 17.4 Å². The number of oxime groups is 1. The molecule has 2 amide bonds. The summed E-state index contributed by atoms with van der Waals surface area (Å²) in [5.74, 6) is -1.69. The second kappa shape index (κ2) is 15.4. The minimum absolute atomic E-state index is 0.0173. The number of hydrogen-bond acceptors (Lipinski definition) is 15. The number of hydrogen-bond donors (Lipinski definition) is 2. The van der Waals surface area contributed by atoms with E-state index in [-0.39, 0.29) is 41.3 Å². The number of carbonyl (C=O) groups is 3. The summed E-state index contributed by atoms with van der Waals surface area (Å²) in [5.41, 5.74) is 9.01. The predicted octanol–water partition coefficient (Wildman–Crippen LogP) is 4.52. The maximum absolute atomic E-state index is 14.3. The summed E-state index contributed by atoms with van der Waals surface area (Å²) in [6.45, 7) is 3.63. The van der Waals surface area contributed by atoms with Gasteiger partial charge in [0.1, 0.15) is 23.2 Å². The summed E-state index contributed by atoms with van der Waals surface area (Å²) >= 11 is 4.80. The molecule has 0 saturated carbocycles. The van der Waals surface area contributed by atoms with E-state index >= 15 is 0 Å². The first-order valence-electron chi connectivity index (χ1n) is 14.3. The minimum atomic E-state index is -0.826. The molecule has 0 spiro atoms. The van der Waals surface area contributed by atoms with Crippen LogP contribution in [0.4, 0.5) is 5.13 Å². The van der Waals surface area contributed by atoms with Gasteiger partial charge in [-0.2, -0.15) is 9.36 Å². The molecule has 4 aromatic rings. The number of fused-ring (bicyclic) bond motifs is 1. The Labute approximate surface area is 291 Å². The largest absolute Gasteiger partial charge is 0.448 e. The molecule has 0 radical (unpaired) electrons. The van der Waals surface area contributed by atoms with Crippen molar-refractivity contribution in [2.45, 2.75) is 27.6 Å². The lowest BCUT2D eigenvalue weighted by Crippen LogP contribution is -2.57. The normalized spacial score (nSPS) is 17.6. The van der Waals surface area contributed by atoms with Gasteiger partial charge in [-0.15, -0.1) is 22.0 Å². The van der Waals surface area contributed by atoms with Crippen LogP contribution >= 0.6 is 46.4 Å². The lowest BCUT2D eigenvalue weighted by molar-refractivity contribution is -0.151. The summed E-state index contributed by atoms with van der Waals surface area (Å²) in [7, 11) is 0. The van der Waals surface area contributed by atoms with Crippen LogP contribution in [-0.4, -0.2) is 65.3 Å². The quantitative estimate of drug-likeness (QED) is 0.0377. The fourth-order valence-electron chi connectivity index (χ4n) is 4.74. The van der Waals surface area contributed by atoms with Crippen molar-refractivity contribution in [3.05, 3.63) is 119 Å². The Morgan fingerprint density at radius 1 is 1.17 bits per heavy atom. The molecule has 2 aromatic carbocycles. The smallest absolute Gasteiger partial charge is 0.356 e. The molecule has 13 nitrogen and oxygen atoms in total. The molecular weight excluding hydrogens is 693 g/mol. The van der Waals surface area contributed by atoms with E-state index in [4.69, 9.17) is 15.3 Å². The molecule has 6 rings (SSSR count). The Morgan fingerprint density at radius 3 is 2.50 bits per heavy atom. The lowest BCUT2D eigenvalue weighted by Gasteiger charge is -2.46. The van der Waals surface area contributed by atoms with Gasteiger partial charge in [-0.05, 0) is 22.6 Å². The molecule has 4 heterocycles. The average molecular weight is 719 g/mol. The van der Waals surface area contributed by atoms with Crippen molar-refractivity contribution in [1.82, 2.24) is 29.8 Å². The number of esters is 1. The van der Waals surface area contributed by atoms with E-state index in [9.17, 15) is 14.4 Å². The zero-order valence-corrected chi connectivity index (χ0v) is 28.1. The average Bonchev–Trinajstić information content (AvgIpc) is 3.78. The summed E-state index contributed by atoms with van der Waals surface area (Å²) in [6, 6.07) is 18.6. The van der Waals surface area contributed by atoms with Crippen LogP contribution in [0.15, 0.2) is 111 Å². The Morgan fingerprint density at radius 2 is 1.90 bits per heavy atom. The number of carbonyl (C=O) groups excluding carboxylic acids is 3. The fraction of sp³-hybridized carbons (Fsp3) is 0.161. The molecule has 2 atom stereocenters. The highest BCUT2D eigenvalue weighted by Crippen LogP contribution is 2.45. The number of nitrogen functional groups attached to an aromatic ring is 1. The van der Waals surface area contributed by atoms with E-state index in [1.165, 1.54) is 45.8 Å². The molecule has 1 unspecified atom stereocenters. The maximum Gasteiger partial charge on any atom is 0.356 e. The number of rotatable bonds is 13. The zero-order chi connectivity index (χ0) is 33.5. The molecule has 17 heteroatoms. The molecule has 0 aliphatic carbocycles. The highest BCUT2D eigenvalue weighted by molar-refractivity contribution is 8.03. The van der Waals surface area contributed by atoms with E-state index < -0.39 is 28.7 Å². The SMILES string of the molecule is C=CCON=C(C(=O)NC1S[C@@H]2CC(=O)N2C(C(=O)OC(c2ccccc2)c2ccccc2)=C1C=CSc1nncs1)c1nsc(N)n1. The molecule has 1 fully saturated rings. The lowest BCUT2D eigenvalue weighted by atomic mass is 10.0. The first kappa shape index (κ1) is 33.1. The van der Waals surface area contributed by atoms with Crippen molar-refractivity contribution < 1.29 is 24.0 Å². The molecule has 2 aromatic heterocycles. The van der Waals surface area contributed by atoms with E-state index in [0.717, 1.165) is 22.7 Å².